The van der Waals surface area contributed by atoms with Crippen LogP contribution in [0.15, 0.2) is 79.0 Å². The standard InChI is InChI=1S/C33H30FN5O2/c1-2-41-33(40)24-17-30-31(35-27-5-3-4-6-29(27)39(30)20-24)22-9-7-21(8-10-22)19-38-15-13-23(14-16-38)32-36-26-12-11-25(34)18-28(26)37-32/h3-12,17-18,20,23H,2,13-16,19H2,1H3,(H,36,37). The smallest absolute Gasteiger partial charge is 0.339 e. The number of imidazole rings is 1. The summed E-state index contributed by atoms with van der Waals surface area (Å²) in [5, 5.41) is 0. The van der Waals surface area contributed by atoms with Gasteiger partial charge in [0.15, 0.2) is 0 Å². The van der Waals surface area contributed by atoms with Crippen molar-refractivity contribution < 1.29 is 13.9 Å². The van der Waals surface area contributed by atoms with Crippen molar-refractivity contribution >= 4 is 33.6 Å². The van der Waals surface area contributed by atoms with Crippen molar-refractivity contribution in [2.45, 2.75) is 32.2 Å². The van der Waals surface area contributed by atoms with Crippen molar-refractivity contribution in [2.24, 2.45) is 0 Å². The number of piperidine rings is 1. The van der Waals surface area contributed by atoms with E-state index in [4.69, 9.17) is 14.7 Å². The minimum absolute atomic E-state index is 0.246. The van der Waals surface area contributed by atoms with Gasteiger partial charge in [0.05, 0.1) is 45.4 Å². The predicted octanol–water partition coefficient (Wildman–Crippen LogP) is 6.73. The second-order valence-electron chi connectivity index (χ2n) is 10.7. The molecule has 3 aromatic carbocycles. The molecule has 0 radical (unpaired) electrons. The molecule has 1 saturated heterocycles. The van der Waals surface area contributed by atoms with Crippen molar-refractivity contribution in [3.05, 3.63) is 102 Å². The van der Waals surface area contributed by atoms with E-state index in [9.17, 15) is 9.18 Å². The van der Waals surface area contributed by atoms with E-state index in [-0.39, 0.29) is 11.8 Å². The zero-order valence-corrected chi connectivity index (χ0v) is 22.8. The fourth-order valence-electron chi connectivity index (χ4n) is 5.91. The highest BCUT2D eigenvalue weighted by molar-refractivity contribution is 5.96. The minimum atomic E-state index is -0.334. The normalized spacial score (nSPS) is 14.8. The number of carbonyl (C=O) groups excluding carboxylic acids is 1. The Bertz CT molecular complexity index is 1880. The molecule has 41 heavy (non-hydrogen) atoms. The maximum atomic E-state index is 13.6. The number of hydrogen-bond donors (Lipinski definition) is 1. The van der Waals surface area contributed by atoms with E-state index in [2.05, 4.69) is 34.1 Å². The van der Waals surface area contributed by atoms with Gasteiger partial charge >= 0.3 is 5.97 Å². The number of fused-ring (bicyclic) bond motifs is 4. The van der Waals surface area contributed by atoms with Crippen molar-refractivity contribution in [1.82, 2.24) is 24.3 Å². The second kappa shape index (κ2) is 10.4. The quantitative estimate of drug-likeness (QED) is 0.234. The van der Waals surface area contributed by atoms with Crippen LogP contribution in [0.25, 0.3) is 38.8 Å². The first-order valence-corrected chi connectivity index (χ1v) is 14.1. The van der Waals surface area contributed by atoms with Gasteiger partial charge < -0.3 is 14.1 Å². The van der Waals surface area contributed by atoms with Crippen LogP contribution in [0.1, 0.15) is 47.4 Å². The van der Waals surface area contributed by atoms with E-state index in [0.717, 1.165) is 77.1 Å². The number of nitrogens with zero attached hydrogens (tertiary/aromatic N) is 4. The lowest BCUT2D eigenvalue weighted by Gasteiger charge is -2.31. The number of rotatable bonds is 6. The first-order valence-electron chi connectivity index (χ1n) is 14.1. The predicted molar refractivity (Wildman–Crippen MR) is 157 cm³/mol. The van der Waals surface area contributed by atoms with Gasteiger partial charge in [-0.05, 0) is 74.8 Å². The molecule has 1 aliphatic heterocycles. The zero-order chi connectivity index (χ0) is 27.9. The highest BCUT2D eigenvalue weighted by Crippen LogP contribution is 2.31. The summed E-state index contributed by atoms with van der Waals surface area (Å²) in [6, 6.07) is 23.1. The molecule has 0 amide bonds. The molecule has 1 N–H and O–H groups in total. The molecule has 7 rings (SSSR count). The number of esters is 1. The molecule has 0 bridgehead atoms. The van der Waals surface area contributed by atoms with E-state index in [1.165, 1.54) is 17.7 Å². The number of aromatic nitrogens is 4. The van der Waals surface area contributed by atoms with Crippen LogP contribution in [0.3, 0.4) is 0 Å². The van der Waals surface area contributed by atoms with Crippen LogP contribution in [-0.2, 0) is 11.3 Å². The van der Waals surface area contributed by atoms with E-state index >= 15 is 0 Å². The minimum Gasteiger partial charge on any atom is -0.462 e. The Morgan fingerprint density at radius 1 is 0.976 bits per heavy atom. The van der Waals surface area contributed by atoms with Crippen molar-refractivity contribution in [2.75, 3.05) is 19.7 Å². The molecular weight excluding hydrogens is 517 g/mol. The number of aromatic amines is 1. The van der Waals surface area contributed by atoms with Crippen LogP contribution in [-0.4, -0.2) is 49.9 Å². The molecule has 0 saturated carbocycles. The summed E-state index contributed by atoms with van der Waals surface area (Å²) in [6.45, 7) is 4.97. The third-order valence-electron chi connectivity index (χ3n) is 8.02. The summed E-state index contributed by atoms with van der Waals surface area (Å²) in [5.74, 6) is 0.733. The Kier molecular flexibility index (Phi) is 6.47. The molecule has 7 nitrogen and oxygen atoms in total. The molecule has 4 heterocycles. The summed E-state index contributed by atoms with van der Waals surface area (Å²) in [7, 11) is 0. The van der Waals surface area contributed by atoms with Gasteiger partial charge in [-0.1, -0.05) is 36.4 Å². The van der Waals surface area contributed by atoms with Gasteiger partial charge in [-0.2, -0.15) is 0 Å². The molecule has 0 aliphatic carbocycles. The van der Waals surface area contributed by atoms with Crippen LogP contribution < -0.4 is 0 Å². The average Bonchev–Trinajstić information content (AvgIpc) is 3.63. The third kappa shape index (κ3) is 4.85. The largest absolute Gasteiger partial charge is 0.462 e. The molecule has 0 atom stereocenters. The average molecular weight is 548 g/mol. The monoisotopic (exact) mass is 547 g/mol. The molecule has 1 fully saturated rings. The van der Waals surface area contributed by atoms with E-state index < -0.39 is 0 Å². The Morgan fingerprint density at radius 3 is 2.59 bits per heavy atom. The topological polar surface area (TPSA) is 75.5 Å². The summed E-state index contributed by atoms with van der Waals surface area (Å²) in [4.78, 5) is 28.0. The van der Waals surface area contributed by atoms with E-state index in [1.54, 1.807) is 6.07 Å². The van der Waals surface area contributed by atoms with Crippen LogP contribution in [0.4, 0.5) is 4.39 Å². The number of halogens is 1. The summed E-state index contributed by atoms with van der Waals surface area (Å²) in [5.41, 5.74) is 7.84. The van der Waals surface area contributed by atoms with Crippen LogP contribution in [0.2, 0.25) is 0 Å². The Balaban J connectivity index is 1.09. The molecule has 0 spiro atoms. The Morgan fingerprint density at radius 2 is 1.78 bits per heavy atom. The maximum Gasteiger partial charge on any atom is 0.339 e. The van der Waals surface area contributed by atoms with Crippen LogP contribution in [0, 0.1) is 5.82 Å². The van der Waals surface area contributed by atoms with Gasteiger partial charge in [-0.25, -0.2) is 19.2 Å². The van der Waals surface area contributed by atoms with Crippen LogP contribution in [0.5, 0.6) is 0 Å². The summed E-state index contributed by atoms with van der Waals surface area (Å²) in [6.07, 6.45) is 3.86. The van der Waals surface area contributed by atoms with Crippen LogP contribution >= 0.6 is 0 Å². The fourth-order valence-corrected chi connectivity index (χ4v) is 5.91. The first-order chi connectivity index (χ1) is 20.1. The lowest BCUT2D eigenvalue weighted by Crippen LogP contribution is -2.32. The van der Waals surface area contributed by atoms with Gasteiger partial charge in [0.2, 0.25) is 0 Å². The number of ether oxygens (including phenoxy) is 1. The molecule has 0 unspecified atom stereocenters. The number of benzene rings is 3. The lowest BCUT2D eigenvalue weighted by molar-refractivity contribution is 0.0526. The summed E-state index contributed by atoms with van der Waals surface area (Å²) < 4.78 is 20.9. The number of carbonyl (C=O) groups is 1. The van der Waals surface area contributed by atoms with E-state index in [1.807, 2.05) is 47.9 Å². The first kappa shape index (κ1) is 25.4. The number of likely N-dealkylation sites (tertiary alicyclic amines) is 1. The number of nitrogens with one attached hydrogen (secondary N) is 1. The molecule has 3 aromatic heterocycles. The SMILES string of the molecule is CCOC(=O)c1cc2c(-c3ccc(CN4CCC(c5nc6ccc(F)cc6[nH]5)CC4)cc3)nc3ccccc3n2c1. The van der Waals surface area contributed by atoms with Gasteiger partial charge in [-0.3, -0.25) is 4.90 Å². The Labute approximate surface area is 236 Å². The molecule has 8 heteroatoms. The van der Waals surface area contributed by atoms with Crippen molar-refractivity contribution in [3.8, 4) is 11.3 Å². The number of para-hydroxylation sites is 2. The lowest BCUT2D eigenvalue weighted by atomic mass is 9.95. The molecule has 206 valence electrons. The zero-order valence-electron chi connectivity index (χ0n) is 22.8. The highest BCUT2D eigenvalue weighted by atomic mass is 19.1. The third-order valence-corrected chi connectivity index (χ3v) is 8.02. The van der Waals surface area contributed by atoms with Gasteiger partial charge in [0.1, 0.15) is 11.6 Å². The fraction of sp³-hybridized carbons (Fsp3) is 0.242. The van der Waals surface area contributed by atoms with Crippen molar-refractivity contribution in [1.29, 1.82) is 0 Å². The highest BCUT2D eigenvalue weighted by Gasteiger charge is 2.23. The van der Waals surface area contributed by atoms with Crippen molar-refractivity contribution in [3.63, 3.8) is 0 Å². The Hall–Kier alpha value is -4.56. The van der Waals surface area contributed by atoms with E-state index in [0.29, 0.717) is 18.1 Å². The maximum absolute atomic E-state index is 13.6. The number of hydrogen-bond acceptors (Lipinski definition) is 5. The molecular formula is C33H30FN5O2. The molecule has 1 aliphatic rings. The molecule has 6 aromatic rings. The van der Waals surface area contributed by atoms with Gasteiger partial charge in [0.25, 0.3) is 0 Å². The second-order valence-corrected chi connectivity index (χ2v) is 10.7. The summed E-state index contributed by atoms with van der Waals surface area (Å²) >= 11 is 0. The van der Waals surface area contributed by atoms with Gasteiger partial charge in [-0.15, -0.1) is 0 Å². The number of H-pyrrole nitrogens is 1. The van der Waals surface area contributed by atoms with Gasteiger partial charge in [0, 0.05) is 24.2 Å².